The quantitative estimate of drug-likeness (QED) is 0.862. The smallest absolute Gasteiger partial charge is 0.341 e. The van der Waals surface area contributed by atoms with Crippen molar-refractivity contribution in [2.75, 3.05) is 0 Å². The van der Waals surface area contributed by atoms with Crippen LogP contribution in [0.2, 0.25) is 0 Å². The zero-order valence-electron chi connectivity index (χ0n) is 9.68. The number of aromatic carboxylic acids is 1. The first-order chi connectivity index (χ1) is 8.02. The largest absolute Gasteiger partial charge is 0.477 e. The van der Waals surface area contributed by atoms with E-state index in [4.69, 9.17) is 5.11 Å². The predicted octanol–water partition coefficient (Wildman–Crippen LogP) is 2.28. The van der Waals surface area contributed by atoms with Gasteiger partial charge in [-0.15, -0.1) is 0 Å². The predicted molar refractivity (Wildman–Crippen MR) is 65.6 cm³/mol. The van der Waals surface area contributed by atoms with Crippen LogP contribution in [-0.4, -0.2) is 15.6 Å². The number of hydrogen-bond donors (Lipinski definition) is 1. The Hall–Kier alpha value is -2.10. The Morgan fingerprint density at radius 2 is 1.94 bits per heavy atom. The molecule has 1 aromatic carbocycles. The van der Waals surface area contributed by atoms with Crippen molar-refractivity contribution in [1.82, 2.24) is 4.57 Å². The molecule has 2 rings (SSSR count). The first-order valence-electron chi connectivity index (χ1n) is 5.40. The fourth-order valence-electron chi connectivity index (χ4n) is 1.95. The van der Waals surface area contributed by atoms with Crippen molar-refractivity contribution in [3.05, 3.63) is 46.2 Å². The molecule has 0 saturated heterocycles. The number of para-hydroxylation sites is 1. The molecule has 0 aliphatic rings. The molecule has 4 heteroatoms. The number of benzene rings is 1. The maximum Gasteiger partial charge on any atom is 0.341 e. The summed E-state index contributed by atoms with van der Waals surface area (Å²) in [7, 11) is 0. The summed E-state index contributed by atoms with van der Waals surface area (Å²) in [5.41, 5.74) is 0.126. The van der Waals surface area contributed by atoms with Gasteiger partial charge < -0.3 is 9.67 Å². The second kappa shape index (κ2) is 4.05. The number of hydrogen-bond acceptors (Lipinski definition) is 2. The molecule has 0 bridgehead atoms. The maximum atomic E-state index is 12.0. The molecule has 17 heavy (non-hydrogen) atoms. The zero-order valence-corrected chi connectivity index (χ0v) is 9.68. The number of carboxylic acids is 1. The number of carbonyl (C=O) groups is 1. The Morgan fingerprint density at radius 3 is 2.53 bits per heavy atom. The van der Waals surface area contributed by atoms with E-state index in [1.807, 2.05) is 32.0 Å². The second-order valence-electron chi connectivity index (χ2n) is 4.19. The summed E-state index contributed by atoms with van der Waals surface area (Å²) in [6, 6.07) is 8.64. The van der Waals surface area contributed by atoms with Gasteiger partial charge in [-0.05, 0) is 31.4 Å². The topological polar surface area (TPSA) is 59.3 Å². The minimum Gasteiger partial charge on any atom is -0.477 e. The number of carboxylic acid groups (broad SMARTS) is 1. The lowest BCUT2D eigenvalue weighted by molar-refractivity contribution is 0.0694. The monoisotopic (exact) mass is 231 g/mol. The molecular formula is C13H13NO3. The molecule has 0 aliphatic heterocycles. The first-order valence-corrected chi connectivity index (χ1v) is 5.40. The van der Waals surface area contributed by atoms with Gasteiger partial charge in [0.05, 0.1) is 5.52 Å². The van der Waals surface area contributed by atoms with Crippen LogP contribution in [0.3, 0.4) is 0 Å². The summed E-state index contributed by atoms with van der Waals surface area (Å²) in [5.74, 6) is -1.19. The lowest BCUT2D eigenvalue weighted by Crippen LogP contribution is -2.27. The van der Waals surface area contributed by atoms with Crippen LogP contribution in [0.25, 0.3) is 10.9 Å². The molecule has 1 aromatic heterocycles. The number of aromatic nitrogens is 1. The third kappa shape index (κ3) is 1.82. The molecule has 0 spiro atoms. The van der Waals surface area contributed by atoms with E-state index in [2.05, 4.69) is 0 Å². The Kier molecular flexibility index (Phi) is 2.71. The Balaban J connectivity index is 2.96. The standard InChI is InChI=1S/C13H13NO3/c1-8(2)14-11-6-4-3-5-9(11)7-10(12(14)15)13(16)17/h3-8H,1-2H3,(H,16,17). The van der Waals surface area contributed by atoms with Crippen molar-refractivity contribution < 1.29 is 9.90 Å². The van der Waals surface area contributed by atoms with Gasteiger partial charge in [-0.3, -0.25) is 4.79 Å². The van der Waals surface area contributed by atoms with Crippen LogP contribution in [0, 0.1) is 0 Å². The van der Waals surface area contributed by atoms with Crippen molar-refractivity contribution in [3.63, 3.8) is 0 Å². The van der Waals surface area contributed by atoms with Gasteiger partial charge in [0.15, 0.2) is 0 Å². The minimum absolute atomic E-state index is 0.0771. The number of pyridine rings is 1. The SMILES string of the molecule is CC(C)n1c(=O)c(C(=O)O)cc2ccccc21. The average Bonchev–Trinajstić information content (AvgIpc) is 2.27. The maximum absolute atomic E-state index is 12.0. The van der Waals surface area contributed by atoms with E-state index in [1.165, 1.54) is 10.6 Å². The van der Waals surface area contributed by atoms with Gasteiger partial charge in [-0.25, -0.2) is 4.79 Å². The number of fused-ring (bicyclic) bond motifs is 1. The molecule has 0 amide bonds. The van der Waals surface area contributed by atoms with Crippen LogP contribution in [0.1, 0.15) is 30.2 Å². The van der Waals surface area contributed by atoms with Gasteiger partial charge in [-0.1, -0.05) is 18.2 Å². The number of nitrogens with zero attached hydrogens (tertiary/aromatic N) is 1. The lowest BCUT2D eigenvalue weighted by atomic mass is 10.1. The highest BCUT2D eigenvalue weighted by Gasteiger charge is 2.15. The number of rotatable bonds is 2. The van der Waals surface area contributed by atoms with Crippen LogP contribution in [0.5, 0.6) is 0 Å². The molecule has 0 aliphatic carbocycles. The highest BCUT2D eigenvalue weighted by molar-refractivity contribution is 5.92. The molecule has 2 aromatic rings. The minimum atomic E-state index is -1.19. The van der Waals surface area contributed by atoms with E-state index in [1.54, 1.807) is 6.07 Å². The van der Waals surface area contributed by atoms with Crippen LogP contribution in [0.15, 0.2) is 35.1 Å². The third-order valence-corrected chi connectivity index (χ3v) is 2.69. The van der Waals surface area contributed by atoms with Gasteiger partial charge in [0.2, 0.25) is 0 Å². The summed E-state index contributed by atoms with van der Waals surface area (Å²) in [5, 5.41) is 9.78. The van der Waals surface area contributed by atoms with Crippen LogP contribution in [-0.2, 0) is 0 Å². The van der Waals surface area contributed by atoms with Gasteiger partial charge in [-0.2, -0.15) is 0 Å². The van der Waals surface area contributed by atoms with E-state index in [0.29, 0.717) is 0 Å². The molecule has 0 unspecified atom stereocenters. The van der Waals surface area contributed by atoms with Crippen LogP contribution >= 0.6 is 0 Å². The average molecular weight is 231 g/mol. The van der Waals surface area contributed by atoms with Gasteiger partial charge in [0, 0.05) is 6.04 Å². The fourth-order valence-corrected chi connectivity index (χ4v) is 1.95. The second-order valence-corrected chi connectivity index (χ2v) is 4.19. The van der Waals surface area contributed by atoms with Crippen LogP contribution in [0.4, 0.5) is 0 Å². The lowest BCUT2D eigenvalue weighted by Gasteiger charge is -2.14. The van der Waals surface area contributed by atoms with Crippen molar-refractivity contribution in [2.24, 2.45) is 0 Å². The summed E-state index contributed by atoms with van der Waals surface area (Å²) in [6.45, 7) is 3.72. The molecule has 1 heterocycles. The normalized spacial score (nSPS) is 11.0. The molecule has 0 atom stereocenters. The molecule has 1 N–H and O–H groups in total. The van der Waals surface area contributed by atoms with Crippen molar-refractivity contribution in [2.45, 2.75) is 19.9 Å². The summed E-state index contributed by atoms with van der Waals surface area (Å²) in [6.07, 6.45) is 0. The first kappa shape index (κ1) is 11.4. The third-order valence-electron chi connectivity index (χ3n) is 2.69. The van der Waals surface area contributed by atoms with E-state index in [-0.39, 0.29) is 11.6 Å². The molecule has 88 valence electrons. The summed E-state index contributed by atoms with van der Waals surface area (Å²) < 4.78 is 1.51. The van der Waals surface area contributed by atoms with E-state index in [0.717, 1.165) is 10.9 Å². The van der Waals surface area contributed by atoms with Gasteiger partial charge in [0.1, 0.15) is 5.56 Å². The molecule has 4 nitrogen and oxygen atoms in total. The van der Waals surface area contributed by atoms with Crippen LogP contribution < -0.4 is 5.56 Å². The Morgan fingerprint density at radius 1 is 1.29 bits per heavy atom. The van der Waals surface area contributed by atoms with Crippen molar-refractivity contribution in [3.8, 4) is 0 Å². The molecule has 0 radical (unpaired) electrons. The summed E-state index contributed by atoms with van der Waals surface area (Å²) >= 11 is 0. The highest BCUT2D eigenvalue weighted by Crippen LogP contribution is 2.16. The zero-order chi connectivity index (χ0) is 12.6. The van der Waals surface area contributed by atoms with E-state index < -0.39 is 11.5 Å². The van der Waals surface area contributed by atoms with Crippen molar-refractivity contribution in [1.29, 1.82) is 0 Å². The fraction of sp³-hybridized carbons (Fsp3) is 0.231. The van der Waals surface area contributed by atoms with Crippen molar-refractivity contribution >= 4 is 16.9 Å². The molecular weight excluding hydrogens is 218 g/mol. The molecule has 0 fully saturated rings. The van der Waals surface area contributed by atoms with E-state index in [9.17, 15) is 9.59 Å². The molecule has 0 saturated carbocycles. The Labute approximate surface area is 98.1 Å². The van der Waals surface area contributed by atoms with Gasteiger partial charge in [0.25, 0.3) is 5.56 Å². The Bertz CT molecular complexity index is 641. The van der Waals surface area contributed by atoms with E-state index >= 15 is 0 Å². The van der Waals surface area contributed by atoms with Gasteiger partial charge >= 0.3 is 5.97 Å². The highest BCUT2D eigenvalue weighted by atomic mass is 16.4. The summed E-state index contributed by atoms with van der Waals surface area (Å²) in [4.78, 5) is 23.1.